The summed E-state index contributed by atoms with van der Waals surface area (Å²) in [5.41, 5.74) is -1.51. The van der Waals surface area contributed by atoms with Crippen molar-refractivity contribution in [2.75, 3.05) is 0 Å². The van der Waals surface area contributed by atoms with Crippen molar-refractivity contribution in [1.82, 2.24) is 14.9 Å². The zero-order valence-electron chi connectivity index (χ0n) is 17.0. The molecule has 30 heavy (non-hydrogen) atoms. The van der Waals surface area contributed by atoms with Crippen molar-refractivity contribution in [2.45, 2.75) is 38.0 Å². The lowest BCUT2D eigenvalue weighted by atomic mass is 9.76. The molecule has 156 valence electrons. The predicted molar refractivity (Wildman–Crippen MR) is 110 cm³/mol. The van der Waals surface area contributed by atoms with Crippen molar-refractivity contribution in [3.63, 3.8) is 0 Å². The highest BCUT2D eigenvalue weighted by atomic mass is 19.1. The van der Waals surface area contributed by atoms with Gasteiger partial charge in [0.1, 0.15) is 11.4 Å². The molecule has 2 N–H and O–H groups in total. The van der Waals surface area contributed by atoms with Crippen LogP contribution in [0.15, 0.2) is 73.3 Å². The zero-order chi connectivity index (χ0) is 21.9. The molecular formula is C23H24FN3O3. The van der Waals surface area contributed by atoms with Crippen LogP contribution in [0.5, 0.6) is 0 Å². The minimum atomic E-state index is -1.84. The third-order valence-corrected chi connectivity index (χ3v) is 4.97. The molecule has 0 aliphatic rings. The normalized spacial score (nSPS) is 13.0. The van der Waals surface area contributed by atoms with Crippen LogP contribution in [0, 0.1) is 5.82 Å². The van der Waals surface area contributed by atoms with E-state index in [2.05, 4.69) is 9.97 Å². The Balaban J connectivity index is 2.37. The van der Waals surface area contributed by atoms with Gasteiger partial charge in [0.15, 0.2) is 0 Å². The van der Waals surface area contributed by atoms with Gasteiger partial charge >= 0.3 is 6.09 Å². The van der Waals surface area contributed by atoms with Crippen molar-refractivity contribution in [3.8, 4) is 0 Å². The zero-order valence-corrected chi connectivity index (χ0v) is 17.0. The number of aliphatic hydroxyl groups is 1. The third-order valence-electron chi connectivity index (χ3n) is 4.97. The maximum absolute atomic E-state index is 13.7. The lowest BCUT2D eigenvalue weighted by Crippen LogP contribution is -2.54. The summed E-state index contributed by atoms with van der Waals surface area (Å²) in [7, 11) is 0. The molecule has 0 saturated carbocycles. The second-order valence-electron chi connectivity index (χ2n) is 8.03. The number of carbonyl (C=O) groups is 1. The van der Waals surface area contributed by atoms with Crippen LogP contribution in [-0.4, -0.2) is 36.7 Å². The highest BCUT2D eigenvalue weighted by Gasteiger charge is 2.49. The Morgan fingerprint density at radius 1 is 0.967 bits per heavy atom. The first-order valence-electron chi connectivity index (χ1n) is 9.47. The van der Waals surface area contributed by atoms with Crippen molar-refractivity contribution < 1.29 is 19.4 Å². The summed E-state index contributed by atoms with van der Waals surface area (Å²) in [5.74, 6) is -0.457. The molecule has 0 unspecified atom stereocenters. The Bertz CT molecular complexity index is 950. The molecule has 0 radical (unpaired) electrons. The second kappa shape index (κ2) is 8.20. The molecule has 1 atom stereocenters. The largest absolute Gasteiger partial charge is 0.465 e. The van der Waals surface area contributed by atoms with E-state index >= 15 is 0 Å². The standard InChI is InChI=1S/C23H24FN3O3/c1-22(2,3)27(21(28)29)20(16-8-10-19(24)11-9-16)23(30,17-6-4-12-25-14-17)18-7-5-13-26-15-18/h4-15,20,30H,1-3H3,(H,28,29)/t20-/m1/s1. The first-order chi connectivity index (χ1) is 14.2. The molecule has 0 fully saturated rings. The van der Waals surface area contributed by atoms with Gasteiger partial charge in [-0.2, -0.15) is 0 Å². The van der Waals surface area contributed by atoms with Gasteiger partial charge in [-0.1, -0.05) is 24.3 Å². The Morgan fingerprint density at radius 3 is 1.83 bits per heavy atom. The summed E-state index contributed by atoms with van der Waals surface area (Å²) in [6, 6.07) is 11.1. The molecule has 1 amide bonds. The maximum atomic E-state index is 13.7. The minimum absolute atomic E-state index is 0.392. The Labute approximate surface area is 174 Å². The molecule has 0 spiro atoms. The van der Waals surface area contributed by atoms with Gasteiger partial charge in [0.2, 0.25) is 0 Å². The van der Waals surface area contributed by atoms with E-state index in [1.54, 1.807) is 57.4 Å². The van der Waals surface area contributed by atoms with E-state index < -0.39 is 29.1 Å². The molecule has 7 heteroatoms. The molecule has 3 aromatic rings. The molecule has 1 aromatic carbocycles. The topological polar surface area (TPSA) is 86.6 Å². The third kappa shape index (κ3) is 4.02. The van der Waals surface area contributed by atoms with E-state index in [-0.39, 0.29) is 0 Å². The highest BCUT2D eigenvalue weighted by Crippen LogP contribution is 2.46. The smallest absolute Gasteiger partial charge is 0.408 e. The number of nitrogens with zero attached hydrogens (tertiary/aromatic N) is 3. The van der Waals surface area contributed by atoms with Crippen molar-refractivity contribution >= 4 is 6.09 Å². The highest BCUT2D eigenvalue weighted by molar-refractivity contribution is 5.68. The summed E-state index contributed by atoms with van der Waals surface area (Å²) in [4.78, 5) is 21.9. The number of hydrogen-bond acceptors (Lipinski definition) is 4. The van der Waals surface area contributed by atoms with E-state index in [1.165, 1.54) is 41.6 Å². The van der Waals surface area contributed by atoms with Gasteiger partial charge in [-0.05, 0) is 50.6 Å². The number of hydrogen-bond donors (Lipinski definition) is 2. The van der Waals surface area contributed by atoms with Crippen LogP contribution in [0.1, 0.15) is 43.5 Å². The minimum Gasteiger partial charge on any atom is -0.465 e. The van der Waals surface area contributed by atoms with E-state index in [4.69, 9.17) is 0 Å². The fourth-order valence-electron chi connectivity index (χ4n) is 3.67. The lowest BCUT2D eigenvalue weighted by molar-refractivity contribution is -0.0459. The van der Waals surface area contributed by atoms with Gasteiger partial charge in [0, 0.05) is 41.5 Å². The van der Waals surface area contributed by atoms with Crippen LogP contribution in [0.4, 0.5) is 9.18 Å². The summed E-state index contributed by atoms with van der Waals surface area (Å²) in [6.45, 7) is 5.22. The van der Waals surface area contributed by atoms with Crippen LogP contribution >= 0.6 is 0 Å². The number of pyridine rings is 2. The fraction of sp³-hybridized carbons (Fsp3) is 0.261. The van der Waals surface area contributed by atoms with Gasteiger partial charge in [-0.25, -0.2) is 9.18 Å². The Kier molecular flexibility index (Phi) is 5.85. The van der Waals surface area contributed by atoms with E-state index in [9.17, 15) is 19.4 Å². The number of rotatable bonds is 5. The Morgan fingerprint density at radius 2 is 1.47 bits per heavy atom. The van der Waals surface area contributed by atoms with Gasteiger partial charge in [-0.3, -0.25) is 14.9 Å². The first kappa shape index (κ1) is 21.4. The van der Waals surface area contributed by atoms with E-state index in [0.29, 0.717) is 16.7 Å². The fourth-order valence-corrected chi connectivity index (χ4v) is 3.67. The molecule has 2 heterocycles. The molecular weight excluding hydrogens is 385 g/mol. The molecule has 0 bridgehead atoms. The van der Waals surface area contributed by atoms with Crippen molar-refractivity contribution in [3.05, 3.63) is 95.8 Å². The summed E-state index contributed by atoms with van der Waals surface area (Å²) in [6.07, 6.45) is 4.90. The molecule has 0 aliphatic carbocycles. The number of halogens is 1. The lowest BCUT2D eigenvalue weighted by Gasteiger charge is -2.47. The summed E-state index contributed by atoms with van der Waals surface area (Å²) < 4.78 is 13.7. The van der Waals surface area contributed by atoms with Crippen LogP contribution in [0.2, 0.25) is 0 Å². The predicted octanol–water partition coefficient (Wildman–Crippen LogP) is 4.37. The average molecular weight is 409 g/mol. The first-order valence-corrected chi connectivity index (χ1v) is 9.47. The Hall–Kier alpha value is -3.32. The van der Waals surface area contributed by atoms with E-state index in [0.717, 1.165) is 0 Å². The molecule has 0 aliphatic heterocycles. The summed E-state index contributed by atoms with van der Waals surface area (Å²) in [5, 5.41) is 22.4. The van der Waals surface area contributed by atoms with Crippen molar-refractivity contribution in [1.29, 1.82) is 0 Å². The number of amides is 1. The second-order valence-corrected chi connectivity index (χ2v) is 8.03. The van der Waals surface area contributed by atoms with Gasteiger partial charge < -0.3 is 10.2 Å². The van der Waals surface area contributed by atoms with Crippen LogP contribution in [0.25, 0.3) is 0 Å². The number of benzene rings is 1. The van der Waals surface area contributed by atoms with Gasteiger partial charge in [0.05, 0.1) is 6.04 Å². The molecule has 6 nitrogen and oxygen atoms in total. The quantitative estimate of drug-likeness (QED) is 0.653. The number of carboxylic acid groups (broad SMARTS) is 1. The van der Waals surface area contributed by atoms with Gasteiger partial charge in [-0.15, -0.1) is 0 Å². The SMILES string of the molecule is CC(C)(C)N(C(=O)O)[C@H](c1ccc(F)cc1)C(O)(c1cccnc1)c1cccnc1. The average Bonchev–Trinajstić information content (AvgIpc) is 2.72. The maximum Gasteiger partial charge on any atom is 0.408 e. The van der Waals surface area contributed by atoms with Crippen LogP contribution in [-0.2, 0) is 5.60 Å². The molecule has 2 aromatic heterocycles. The van der Waals surface area contributed by atoms with Crippen molar-refractivity contribution in [2.24, 2.45) is 0 Å². The van der Waals surface area contributed by atoms with Crippen LogP contribution < -0.4 is 0 Å². The summed E-state index contributed by atoms with van der Waals surface area (Å²) >= 11 is 0. The monoisotopic (exact) mass is 409 g/mol. The van der Waals surface area contributed by atoms with E-state index in [1.807, 2.05) is 0 Å². The van der Waals surface area contributed by atoms with Gasteiger partial charge in [0.25, 0.3) is 0 Å². The molecule has 0 saturated heterocycles. The van der Waals surface area contributed by atoms with Crippen LogP contribution in [0.3, 0.4) is 0 Å². The molecule has 3 rings (SSSR count). The number of aromatic nitrogens is 2.